The van der Waals surface area contributed by atoms with Crippen molar-refractivity contribution >= 4 is 17.8 Å². The minimum absolute atomic E-state index is 0.00721. The summed E-state index contributed by atoms with van der Waals surface area (Å²) in [7, 11) is 0. The van der Waals surface area contributed by atoms with E-state index in [1.807, 2.05) is 30.3 Å². The summed E-state index contributed by atoms with van der Waals surface area (Å²) in [6.07, 6.45) is 1.63. The molecule has 2 saturated heterocycles. The molecule has 152 valence electrons. The van der Waals surface area contributed by atoms with E-state index < -0.39 is 12.0 Å². The Hall–Kier alpha value is -2.61. The average Bonchev–Trinajstić information content (AvgIpc) is 2.74. The van der Waals surface area contributed by atoms with Crippen LogP contribution in [-0.2, 0) is 19.1 Å². The Labute approximate surface area is 164 Å². The number of carbonyl (C=O) groups excluding carboxylic acids is 2. The Kier molecular flexibility index (Phi) is 6.86. The third-order valence-corrected chi connectivity index (χ3v) is 5.15. The van der Waals surface area contributed by atoms with E-state index in [-0.39, 0.29) is 43.9 Å². The molecule has 2 atom stereocenters. The predicted octanol–water partition coefficient (Wildman–Crippen LogP) is 1.01. The highest BCUT2D eigenvalue weighted by atomic mass is 16.5. The van der Waals surface area contributed by atoms with Gasteiger partial charge in [0, 0.05) is 19.6 Å². The number of morpholine rings is 1. The van der Waals surface area contributed by atoms with Gasteiger partial charge in [0.15, 0.2) is 6.04 Å². The molecule has 0 saturated carbocycles. The lowest BCUT2D eigenvalue weighted by atomic mass is 9.95. The molecule has 0 bridgehead atoms. The van der Waals surface area contributed by atoms with E-state index in [4.69, 9.17) is 9.47 Å². The van der Waals surface area contributed by atoms with Crippen LogP contribution in [0.15, 0.2) is 30.3 Å². The van der Waals surface area contributed by atoms with Gasteiger partial charge in [-0.15, -0.1) is 0 Å². The van der Waals surface area contributed by atoms with Crippen molar-refractivity contribution in [1.29, 1.82) is 0 Å². The fourth-order valence-electron chi connectivity index (χ4n) is 3.64. The second kappa shape index (κ2) is 9.54. The van der Waals surface area contributed by atoms with Crippen molar-refractivity contribution in [2.75, 3.05) is 39.5 Å². The van der Waals surface area contributed by atoms with Gasteiger partial charge in [0.2, 0.25) is 11.8 Å². The number of rotatable bonds is 6. The number of carbonyl (C=O) groups is 3. The molecule has 2 heterocycles. The summed E-state index contributed by atoms with van der Waals surface area (Å²) in [5, 5.41) is 9.33. The van der Waals surface area contributed by atoms with Crippen LogP contribution in [0.25, 0.3) is 0 Å². The average molecular weight is 390 g/mol. The van der Waals surface area contributed by atoms with Crippen molar-refractivity contribution in [3.05, 3.63) is 30.3 Å². The van der Waals surface area contributed by atoms with Crippen molar-refractivity contribution in [3.8, 4) is 5.75 Å². The van der Waals surface area contributed by atoms with Gasteiger partial charge in [0.25, 0.3) is 0 Å². The van der Waals surface area contributed by atoms with Crippen LogP contribution < -0.4 is 4.74 Å². The van der Waals surface area contributed by atoms with Crippen LogP contribution in [0.4, 0.5) is 0 Å². The van der Waals surface area contributed by atoms with E-state index in [2.05, 4.69) is 0 Å². The number of benzene rings is 1. The van der Waals surface area contributed by atoms with Crippen LogP contribution >= 0.6 is 0 Å². The molecule has 8 nitrogen and oxygen atoms in total. The zero-order chi connectivity index (χ0) is 19.9. The highest BCUT2D eigenvalue weighted by molar-refractivity contribution is 5.86. The van der Waals surface area contributed by atoms with E-state index >= 15 is 0 Å². The first kappa shape index (κ1) is 20.1. The maximum absolute atomic E-state index is 12.9. The molecule has 0 aliphatic carbocycles. The molecule has 2 amide bonds. The molecule has 1 N–H and O–H groups in total. The molecule has 2 aliphatic rings. The third-order valence-electron chi connectivity index (χ3n) is 5.15. The van der Waals surface area contributed by atoms with Gasteiger partial charge in [-0.05, 0) is 25.0 Å². The number of ether oxygens (including phenoxy) is 2. The van der Waals surface area contributed by atoms with Crippen LogP contribution in [-0.4, -0.2) is 78.2 Å². The molecule has 1 aromatic rings. The van der Waals surface area contributed by atoms with Crippen molar-refractivity contribution in [2.45, 2.75) is 25.3 Å². The van der Waals surface area contributed by atoms with Crippen molar-refractivity contribution in [1.82, 2.24) is 9.80 Å². The summed E-state index contributed by atoms with van der Waals surface area (Å²) >= 11 is 0. The number of piperidine rings is 1. The lowest BCUT2D eigenvalue weighted by Gasteiger charge is -2.38. The Balaban J connectivity index is 1.52. The Morgan fingerprint density at radius 1 is 1.18 bits per heavy atom. The normalized spacial score (nSPS) is 22.6. The number of para-hydroxylation sites is 1. The molecule has 0 radical (unpaired) electrons. The van der Waals surface area contributed by atoms with Gasteiger partial charge in [-0.3, -0.25) is 9.59 Å². The van der Waals surface area contributed by atoms with E-state index in [1.165, 1.54) is 4.90 Å². The van der Waals surface area contributed by atoms with Gasteiger partial charge in [-0.1, -0.05) is 18.2 Å². The SMILES string of the molecule is O=C(O)C1COCCN1C(=O)C1CCCN(C(=O)CCOc2ccccc2)C1. The summed E-state index contributed by atoms with van der Waals surface area (Å²) in [5.41, 5.74) is 0. The molecule has 3 rings (SSSR count). The van der Waals surface area contributed by atoms with Crippen molar-refractivity contribution in [3.63, 3.8) is 0 Å². The fourth-order valence-corrected chi connectivity index (χ4v) is 3.64. The minimum atomic E-state index is -1.06. The maximum Gasteiger partial charge on any atom is 0.328 e. The third kappa shape index (κ3) is 5.01. The lowest BCUT2D eigenvalue weighted by molar-refractivity contribution is -0.161. The predicted molar refractivity (Wildman–Crippen MR) is 99.8 cm³/mol. The number of hydrogen-bond donors (Lipinski definition) is 1. The lowest BCUT2D eigenvalue weighted by Crippen LogP contribution is -2.56. The zero-order valence-corrected chi connectivity index (χ0v) is 15.8. The highest BCUT2D eigenvalue weighted by Crippen LogP contribution is 2.22. The molecule has 2 unspecified atom stereocenters. The van der Waals surface area contributed by atoms with Crippen LogP contribution in [0, 0.1) is 5.92 Å². The fraction of sp³-hybridized carbons (Fsp3) is 0.550. The number of likely N-dealkylation sites (tertiary alicyclic amines) is 1. The first-order chi connectivity index (χ1) is 13.6. The highest BCUT2D eigenvalue weighted by Gasteiger charge is 2.38. The van der Waals surface area contributed by atoms with Crippen LogP contribution in [0.2, 0.25) is 0 Å². The Morgan fingerprint density at radius 2 is 1.96 bits per heavy atom. The van der Waals surface area contributed by atoms with Crippen LogP contribution in [0.3, 0.4) is 0 Å². The Morgan fingerprint density at radius 3 is 2.71 bits per heavy atom. The standard InChI is InChI=1S/C20H26N2O6/c23-18(8-11-28-16-6-2-1-3-7-16)21-9-4-5-15(13-21)19(24)22-10-12-27-14-17(22)20(25)26/h1-3,6-7,15,17H,4-5,8-14H2,(H,25,26). The number of hydrogen-bond acceptors (Lipinski definition) is 5. The summed E-state index contributed by atoms with van der Waals surface area (Å²) in [4.78, 5) is 39.9. The molecule has 0 spiro atoms. The van der Waals surface area contributed by atoms with Gasteiger partial charge in [0.05, 0.1) is 32.2 Å². The summed E-state index contributed by atoms with van der Waals surface area (Å²) < 4.78 is 10.8. The first-order valence-electron chi connectivity index (χ1n) is 9.63. The van der Waals surface area contributed by atoms with Crippen molar-refractivity contribution in [2.24, 2.45) is 5.92 Å². The topological polar surface area (TPSA) is 96.4 Å². The van der Waals surface area contributed by atoms with Crippen LogP contribution in [0.5, 0.6) is 5.75 Å². The van der Waals surface area contributed by atoms with E-state index in [0.717, 1.165) is 6.42 Å². The molecule has 8 heteroatoms. The molecule has 1 aromatic carbocycles. The summed E-state index contributed by atoms with van der Waals surface area (Å²) in [6.45, 7) is 1.83. The molecule has 0 aromatic heterocycles. The molecule has 28 heavy (non-hydrogen) atoms. The number of amides is 2. The second-order valence-electron chi connectivity index (χ2n) is 7.05. The number of aliphatic carboxylic acids is 1. The first-order valence-corrected chi connectivity index (χ1v) is 9.63. The number of carboxylic acid groups (broad SMARTS) is 1. The zero-order valence-electron chi connectivity index (χ0n) is 15.8. The quantitative estimate of drug-likeness (QED) is 0.779. The van der Waals surface area contributed by atoms with E-state index in [1.54, 1.807) is 4.90 Å². The van der Waals surface area contributed by atoms with Gasteiger partial charge in [-0.25, -0.2) is 4.79 Å². The van der Waals surface area contributed by atoms with Gasteiger partial charge in [-0.2, -0.15) is 0 Å². The van der Waals surface area contributed by atoms with Crippen molar-refractivity contribution < 1.29 is 29.0 Å². The summed E-state index contributed by atoms with van der Waals surface area (Å²) in [5.74, 6) is -0.962. The molecule has 2 aliphatic heterocycles. The molecular weight excluding hydrogens is 364 g/mol. The van der Waals surface area contributed by atoms with Gasteiger partial charge < -0.3 is 24.4 Å². The summed E-state index contributed by atoms with van der Waals surface area (Å²) in [6, 6.07) is 8.35. The van der Waals surface area contributed by atoms with Gasteiger partial charge in [0.1, 0.15) is 5.75 Å². The monoisotopic (exact) mass is 390 g/mol. The smallest absolute Gasteiger partial charge is 0.328 e. The van der Waals surface area contributed by atoms with Gasteiger partial charge >= 0.3 is 5.97 Å². The Bertz CT molecular complexity index is 695. The van der Waals surface area contributed by atoms with E-state index in [9.17, 15) is 19.5 Å². The molecule has 2 fully saturated rings. The number of carboxylic acids is 1. The second-order valence-corrected chi connectivity index (χ2v) is 7.05. The van der Waals surface area contributed by atoms with E-state index in [0.29, 0.717) is 31.9 Å². The minimum Gasteiger partial charge on any atom is -0.493 e. The molecular formula is C20H26N2O6. The largest absolute Gasteiger partial charge is 0.493 e. The number of nitrogens with zero attached hydrogens (tertiary/aromatic N) is 2. The van der Waals surface area contributed by atoms with Crippen LogP contribution in [0.1, 0.15) is 19.3 Å². The maximum atomic E-state index is 12.9.